The SMILES string of the molecule is O=C(Nc1cn[nH]c1-c1cc(Cl)ccc1O)c1coc2cccnc12. The lowest BCUT2D eigenvalue weighted by Gasteiger charge is -2.07. The van der Waals surface area contributed by atoms with Crippen LogP contribution in [-0.2, 0) is 0 Å². The maximum Gasteiger partial charge on any atom is 0.261 e. The van der Waals surface area contributed by atoms with Crippen LogP contribution in [0.1, 0.15) is 10.4 Å². The minimum atomic E-state index is -0.401. The standard InChI is InChI=1S/C17H11ClN4O3/c18-9-3-4-13(23)10(6-9)15-12(7-20-22-15)21-17(24)11-8-25-14-2-1-5-19-16(11)14/h1-8,23H,(H,20,22)(H,21,24). The summed E-state index contributed by atoms with van der Waals surface area (Å²) in [6.07, 6.45) is 4.38. The summed E-state index contributed by atoms with van der Waals surface area (Å²) in [6.45, 7) is 0. The highest BCUT2D eigenvalue weighted by Crippen LogP contribution is 2.35. The van der Waals surface area contributed by atoms with E-state index in [1.807, 2.05) is 0 Å². The van der Waals surface area contributed by atoms with Gasteiger partial charge in [-0.05, 0) is 30.3 Å². The van der Waals surface area contributed by atoms with Gasteiger partial charge in [0.1, 0.15) is 23.1 Å². The lowest BCUT2D eigenvalue weighted by molar-refractivity contribution is 0.102. The number of carbonyl (C=O) groups excluding carboxylic acids is 1. The first-order valence-electron chi connectivity index (χ1n) is 7.29. The first-order valence-corrected chi connectivity index (χ1v) is 7.67. The van der Waals surface area contributed by atoms with Gasteiger partial charge < -0.3 is 14.8 Å². The number of hydrogen-bond donors (Lipinski definition) is 3. The molecule has 124 valence electrons. The van der Waals surface area contributed by atoms with Gasteiger partial charge in [-0.15, -0.1) is 0 Å². The third-order valence-corrected chi connectivity index (χ3v) is 3.92. The number of aromatic amines is 1. The van der Waals surface area contributed by atoms with Crippen LogP contribution < -0.4 is 5.32 Å². The molecule has 4 rings (SSSR count). The number of nitrogens with one attached hydrogen (secondary N) is 2. The van der Waals surface area contributed by atoms with Gasteiger partial charge in [-0.25, -0.2) is 0 Å². The summed E-state index contributed by atoms with van der Waals surface area (Å²) >= 11 is 5.98. The molecule has 0 unspecified atom stereocenters. The summed E-state index contributed by atoms with van der Waals surface area (Å²) < 4.78 is 5.33. The number of carbonyl (C=O) groups is 1. The predicted molar refractivity (Wildman–Crippen MR) is 92.7 cm³/mol. The second-order valence-electron chi connectivity index (χ2n) is 5.27. The molecule has 0 aliphatic rings. The van der Waals surface area contributed by atoms with Crippen LogP contribution >= 0.6 is 11.6 Å². The summed E-state index contributed by atoms with van der Waals surface area (Å²) in [7, 11) is 0. The molecule has 0 saturated carbocycles. The monoisotopic (exact) mass is 354 g/mol. The number of phenolic OH excluding ortho intramolecular Hbond substituents is 1. The van der Waals surface area contributed by atoms with E-state index in [1.54, 1.807) is 30.5 Å². The van der Waals surface area contributed by atoms with E-state index in [0.717, 1.165) is 0 Å². The number of fused-ring (bicyclic) bond motifs is 1. The molecule has 4 aromatic rings. The fourth-order valence-electron chi connectivity index (χ4n) is 2.51. The second kappa shape index (κ2) is 5.95. The van der Waals surface area contributed by atoms with Crippen LogP contribution in [0.3, 0.4) is 0 Å². The Kier molecular flexibility index (Phi) is 3.62. The molecule has 0 bridgehead atoms. The molecule has 0 atom stereocenters. The van der Waals surface area contributed by atoms with Crippen molar-refractivity contribution in [1.29, 1.82) is 0 Å². The summed E-state index contributed by atoms with van der Waals surface area (Å²) in [5.74, 6) is -0.388. The summed E-state index contributed by atoms with van der Waals surface area (Å²) in [5.41, 5.74) is 2.55. The Labute approximate surface area is 146 Å². The first kappa shape index (κ1) is 15.2. The number of pyridine rings is 1. The molecular weight excluding hydrogens is 344 g/mol. The second-order valence-corrected chi connectivity index (χ2v) is 5.71. The number of hydrogen-bond acceptors (Lipinski definition) is 5. The van der Waals surface area contributed by atoms with E-state index in [4.69, 9.17) is 16.0 Å². The maximum atomic E-state index is 12.6. The number of anilines is 1. The van der Waals surface area contributed by atoms with E-state index in [1.165, 1.54) is 18.5 Å². The van der Waals surface area contributed by atoms with Crippen LogP contribution in [0.2, 0.25) is 5.02 Å². The Bertz CT molecular complexity index is 1090. The predicted octanol–water partition coefficient (Wildman–Crippen LogP) is 3.83. The van der Waals surface area contributed by atoms with Crippen molar-refractivity contribution in [3.05, 3.63) is 59.6 Å². The summed E-state index contributed by atoms with van der Waals surface area (Å²) in [5, 5.41) is 19.9. The van der Waals surface area contributed by atoms with Gasteiger partial charge in [-0.2, -0.15) is 5.10 Å². The number of halogens is 1. The quantitative estimate of drug-likeness (QED) is 0.518. The first-order chi connectivity index (χ1) is 12.1. The van der Waals surface area contributed by atoms with Crippen LogP contribution in [0.5, 0.6) is 5.75 Å². The normalized spacial score (nSPS) is 10.9. The zero-order valence-electron chi connectivity index (χ0n) is 12.7. The highest BCUT2D eigenvalue weighted by molar-refractivity contribution is 6.31. The van der Waals surface area contributed by atoms with Gasteiger partial charge in [0.15, 0.2) is 5.58 Å². The van der Waals surface area contributed by atoms with Crippen molar-refractivity contribution in [2.45, 2.75) is 0 Å². The van der Waals surface area contributed by atoms with E-state index in [0.29, 0.717) is 38.6 Å². The number of amides is 1. The Hall–Kier alpha value is -3.32. The number of phenols is 1. The molecule has 8 heteroatoms. The molecule has 0 spiro atoms. The maximum absolute atomic E-state index is 12.6. The average Bonchev–Trinajstić information content (AvgIpc) is 3.23. The molecule has 3 heterocycles. The fraction of sp³-hybridized carbons (Fsp3) is 0. The topological polar surface area (TPSA) is 104 Å². The van der Waals surface area contributed by atoms with Gasteiger partial charge in [0.05, 0.1) is 17.6 Å². The van der Waals surface area contributed by atoms with Crippen molar-refractivity contribution in [3.63, 3.8) is 0 Å². The van der Waals surface area contributed by atoms with Crippen LogP contribution in [0.4, 0.5) is 5.69 Å². The van der Waals surface area contributed by atoms with Crippen LogP contribution in [0.25, 0.3) is 22.4 Å². The van der Waals surface area contributed by atoms with Crippen LogP contribution in [0, 0.1) is 0 Å². The van der Waals surface area contributed by atoms with E-state index >= 15 is 0 Å². The zero-order chi connectivity index (χ0) is 17.4. The number of benzene rings is 1. The molecule has 25 heavy (non-hydrogen) atoms. The van der Waals surface area contributed by atoms with Gasteiger partial charge >= 0.3 is 0 Å². The molecule has 0 saturated heterocycles. The third kappa shape index (κ3) is 2.70. The molecule has 3 N–H and O–H groups in total. The highest BCUT2D eigenvalue weighted by Gasteiger charge is 2.19. The molecule has 1 amide bonds. The van der Waals surface area contributed by atoms with E-state index in [9.17, 15) is 9.90 Å². The number of aromatic nitrogens is 3. The van der Waals surface area contributed by atoms with Crippen molar-refractivity contribution >= 4 is 34.3 Å². The van der Waals surface area contributed by atoms with Gasteiger partial charge in [0, 0.05) is 16.8 Å². The van der Waals surface area contributed by atoms with Gasteiger partial charge in [0.25, 0.3) is 5.91 Å². The Morgan fingerprint density at radius 3 is 3.08 bits per heavy atom. The summed E-state index contributed by atoms with van der Waals surface area (Å²) in [6, 6.07) is 8.07. The molecule has 1 aromatic carbocycles. The molecule has 7 nitrogen and oxygen atoms in total. The largest absolute Gasteiger partial charge is 0.507 e. The fourth-order valence-corrected chi connectivity index (χ4v) is 2.68. The average molecular weight is 355 g/mol. The molecule has 0 aliphatic carbocycles. The zero-order valence-corrected chi connectivity index (χ0v) is 13.4. The summed E-state index contributed by atoms with van der Waals surface area (Å²) in [4.78, 5) is 16.7. The lowest BCUT2D eigenvalue weighted by atomic mass is 10.1. The van der Waals surface area contributed by atoms with E-state index < -0.39 is 5.91 Å². The highest BCUT2D eigenvalue weighted by atomic mass is 35.5. The smallest absolute Gasteiger partial charge is 0.261 e. The number of aromatic hydroxyl groups is 1. The third-order valence-electron chi connectivity index (χ3n) is 3.69. The van der Waals surface area contributed by atoms with Crippen molar-refractivity contribution in [3.8, 4) is 17.0 Å². The van der Waals surface area contributed by atoms with Crippen molar-refractivity contribution < 1.29 is 14.3 Å². The Morgan fingerprint density at radius 2 is 2.20 bits per heavy atom. The van der Waals surface area contributed by atoms with E-state index in [2.05, 4.69) is 20.5 Å². The molecular formula is C17H11ClN4O3. The number of nitrogens with zero attached hydrogens (tertiary/aromatic N) is 2. The van der Waals surface area contributed by atoms with Gasteiger partial charge in [0.2, 0.25) is 0 Å². The van der Waals surface area contributed by atoms with Crippen molar-refractivity contribution in [2.24, 2.45) is 0 Å². The molecule has 0 radical (unpaired) electrons. The van der Waals surface area contributed by atoms with Crippen LogP contribution in [0.15, 0.2) is 53.4 Å². The Balaban J connectivity index is 1.69. The Morgan fingerprint density at radius 1 is 1.32 bits per heavy atom. The van der Waals surface area contributed by atoms with Crippen molar-refractivity contribution in [2.75, 3.05) is 5.32 Å². The van der Waals surface area contributed by atoms with E-state index in [-0.39, 0.29) is 5.75 Å². The lowest BCUT2D eigenvalue weighted by Crippen LogP contribution is -2.11. The van der Waals surface area contributed by atoms with Crippen LogP contribution in [-0.4, -0.2) is 26.2 Å². The molecule has 0 aliphatic heterocycles. The van der Waals surface area contributed by atoms with Gasteiger partial charge in [-0.3, -0.25) is 14.9 Å². The molecule has 3 aromatic heterocycles. The minimum Gasteiger partial charge on any atom is -0.507 e. The van der Waals surface area contributed by atoms with Crippen molar-refractivity contribution in [1.82, 2.24) is 15.2 Å². The number of furan rings is 1. The molecule has 0 fully saturated rings. The number of H-pyrrole nitrogens is 1. The number of rotatable bonds is 3. The van der Waals surface area contributed by atoms with Gasteiger partial charge in [-0.1, -0.05) is 11.6 Å². The minimum absolute atomic E-state index is 0.0135.